The van der Waals surface area contributed by atoms with E-state index in [9.17, 15) is 4.79 Å². The Bertz CT molecular complexity index is 420. The van der Waals surface area contributed by atoms with Crippen LogP contribution < -0.4 is 0 Å². The molecule has 0 aliphatic heterocycles. The fourth-order valence-electron chi connectivity index (χ4n) is 1.25. The molecule has 0 unspecified atom stereocenters. The second-order valence-electron chi connectivity index (χ2n) is 3.95. The number of carboxylic acids is 1. The Morgan fingerprint density at radius 2 is 2.35 bits per heavy atom. The molecule has 6 heteroatoms. The summed E-state index contributed by atoms with van der Waals surface area (Å²) in [6.45, 7) is 4.24. The number of nitrogens with zero attached hydrogens (tertiary/aromatic N) is 3. The van der Waals surface area contributed by atoms with Crippen molar-refractivity contribution < 1.29 is 14.4 Å². The third-order valence-corrected chi connectivity index (χ3v) is 2.02. The van der Waals surface area contributed by atoms with Gasteiger partial charge in [0.25, 0.3) is 0 Å². The molecule has 0 fully saturated rings. The first-order chi connectivity index (χ1) is 8.02. The fourth-order valence-corrected chi connectivity index (χ4v) is 1.25. The maximum atomic E-state index is 10.6. The minimum atomic E-state index is -0.937. The Balaban J connectivity index is 2.65. The molecule has 0 saturated carbocycles. The molecule has 6 nitrogen and oxygen atoms in total. The molecule has 1 N–H and O–H groups in total. The fraction of sp³-hybridized carbons (Fsp3) is 0.545. The maximum Gasteiger partial charge on any atom is 0.317 e. The quantitative estimate of drug-likeness (QED) is 0.734. The zero-order chi connectivity index (χ0) is 12.8. The van der Waals surface area contributed by atoms with E-state index in [-0.39, 0.29) is 25.6 Å². The zero-order valence-electron chi connectivity index (χ0n) is 9.88. The zero-order valence-corrected chi connectivity index (χ0v) is 9.88. The third kappa shape index (κ3) is 4.25. The lowest BCUT2D eigenvalue weighted by Crippen LogP contribution is -2.30. The maximum absolute atomic E-state index is 10.6. The van der Waals surface area contributed by atoms with Crippen molar-refractivity contribution in [2.24, 2.45) is 0 Å². The molecule has 1 aromatic rings. The third-order valence-electron chi connectivity index (χ3n) is 2.02. The summed E-state index contributed by atoms with van der Waals surface area (Å²) in [5.41, 5.74) is 0. The van der Waals surface area contributed by atoms with Gasteiger partial charge in [-0.3, -0.25) is 9.69 Å². The van der Waals surface area contributed by atoms with Gasteiger partial charge in [-0.1, -0.05) is 24.9 Å². The Hall–Kier alpha value is -1.87. The van der Waals surface area contributed by atoms with Gasteiger partial charge in [0.1, 0.15) is 0 Å². The van der Waals surface area contributed by atoms with E-state index < -0.39 is 5.97 Å². The van der Waals surface area contributed by atoms with Crippen LogP contribution in [-0.4, -0.2) is 39.2 Å². The topological polar surface area (TPSA) is 79.5 Å². The van der Waals surface area contributed by atoms with Crippen molar-refractivity contribution in [1.82, 2.24) is 15.0 Å². The van der Waals surface area contributed by atoms with Gasteiger partial charge in [0.15, 0.2) is 5.82 Å². The van der Waals surface area contributed by atoms with Crippen LogP contribution in [-0.2, 0) is 11.3 Å². The van der Waals surface area contributed by atoms with E-state index in [1.54, 1.807) is 4.90 Å². The van der Waals surface area contributed by atoms with Gasteiger partial charge in [0.05, 0.1) is 19.6 Å². The first-order valence-corrected chi connectivity index (χ1v) is 5.23. The van der Waals surface area contributed by atoms with Crippen molar-refractivity contribution in [2.75, 3.05) is 13.1 Å². The largest absolute Gasteiger partial charge is 0.480 e. The van der Waals surface area contributed by atoms with E-state index in [0.29, 0.717) is 11.7 Å². The van der Waals surface area contributed by atoms with E-state index in [4.69, 9.17) is 16.1 Å². The molecule has 1 heterocycles. The van der Waals surface area contributed by atoms with Crippen molar-refractivity contribution in [3.63, 3.8) is 0 Å². The molecule has 0 aliphatic carbocycles. The van der Waals surface area contributed by atoms with Crippen LogP contribution in [0.3, 0.4) is 0 Å². The van der Waals surface area contributed by atoms with Crippen LogP contribution >= 0.6 is 0 Å². The Morgan fingerprint density at radius 1 is 1.65 bits per heavy atom. The summed E-state index contributed by atoms with van der Waals surface area (Å²) in [5.74, 6) is 2.60. The molecule has 0 amide bonds. The second-order valence-corrected chi connectivity index (χ2v) is 3.95. The molecule has 0 radical (unpaired) electrons. The van der Waals surface area contributed by atoms with Gasteiger partial charge in [-0.15, -0.1) is 6.42 Å². The summed E-state index contributed by atoms with van der Waals surface area (Å²) in [6.07, 6.45) is 5.16. The number of hydrogen-bond donors (Lipinski definition) is 1. The molecular formula is C11H15N3O3. The first kappa shape index (κ1) is 13.2. The van der Waals surface area contributed by atoms with Crippen LogP contribution in [0.4, 0.5) is 0 Å². The van der Waals surface area contributed by atoms with Crippen LogP contribution in [0, 0.1) is 12.3 Å². The highest BCUT2D eigenvalue weighted by Gasteiger charge is 2.14. The van der Waals surface area contributed by atoms with E-state index in [2.05, 4.69) is 16.1 Å². The van der Waals surface area contributed by atoms with Gasteiger partial charge in [-0.25, -0.2) is 0 Å². The van der Waals surface area contributed by atoms with Crippen LogP contribution in [0.5, 0.6) is 0 Å². The number of carbonyl (C=O) groups is 1. The Kier molecular flexibility index (Phi) is 4.67. The van der Waals surface area contributed by atoms with Gasteiger partial charge >= 0.3 is 5.97 Å². The molecule has 0 atom stereocenters. The number of hydrogen-bond acceptors (Lipinski definition) is 5. The number of aromatic nitrogens is 2. The molecule has 0 bridgehead atoms. The highest BCUT2D eigenvalue weighted by atomic mass is 16.5. The summed E-state index contributed by atoms with van der Waals surface area (Å²) < 4.78 is 5.02. The summed E-state index contributed by atoms with van der Waals surface area (Å²) in [5, 5.41) is 12.5. The average molecular weight is 237 g/mol. The standard InChI is InChI=1S/C11H15N3O3/c1-4-5-14(7-10(15)16)6-9-12-11(8(2)3)17-13-9/h1,8H,5-7H2,2-3H3,(H,15,16). The highest BCUT2D eigenvalue weighted by molar-refractivity contribution is 5.69. The minimum absolute atomic E-state index is 0.143. The van der Waals surface area contributed by atoms with E-state index in [0.717, 1.165) is 0 Å². The first-order valence-electron chi connectivity index (χ1n) is 5.23. The Labute approximate surface area is 99.6 Å². The van der Waals surface area contributed by atoms with Gasteiger partial charge in [-0.05, 0) is 0 Å². The molecular weight excluding hydrogens is 222 g/mol. The Morgan fingerprint density at radius 3 is 2.82 bits per heavy atom. The predicted molar refractivity (Wildman–Crippen MR) is 60.1 cm³/mol. The molecule has 0 spiro atoms. The van der Waals surface area contributed by atoms with Crippen LogP contribution in [0.15, 0.2) is 4.52 Å². The van der Waals surface area contributed by atoms with Gasteiger partial charge in [0.2, 0.25) is 5.89 Å². The van der Waals surface area contributed by atoms with Gasteiger partial charge in [0, 0.05) is 5.92 Å². The molecule has 0 aromatic carbocycles. The number of rotatable bonds is 6. The number of carboxylic acid groups (broad SMARTS) is 1. The van der Waals surface area contributed by atoms with E-state index >= 15 is 0 Å². The molecule has 0 aliphatic rings. The molecule has 92 valence electrons. The van der Waals surface area contributed by atoms with Crippen molar-refractivity contribution in [3.05, 3.63) is 11.7 Å². The molecule has 17 heavy (non-hydrogen) atoms. The lowest BCUT2D eigenvalue weighted by molar-refractivity contribution is -0.138. The van der Waals surface area contributed by atoms with Crippen molar-refractivity contribution in [1.29, 1.82) is 0 Å². The van der Waals surface area contributed by atoms with Gasteiger partial charge in [-0.2, -0.15) is 4.98 Å². The summed E-state index contributed by atoms with van der Waals surface area (Å²) in [4.78, 5) is 16.3. The number of aliphatic carboxylic acids is 1. The normalized spacial score (nSPS) is 10.8. The van der Waals surface area contributed by atoms with E-state index in [1.807, 2.05) is 13.8 Å². The van der Waals surface area contributed by atoms with E-state index in [1.165, 1.54) is 0 Å². The molecule has 0 saturated heterocycles. The second kappa shape index (κ2) is 6.01. The summed E-state index contributed by atoms with van der Waals surface area (Å²) in [7, 11) is 0. The molecule has 1 rings (SSSR count). The lowest BCUT2D eigenvalue weighted by atomic mass is 10.2. The van der Waals surface area contributed by atoms with Crippen molar-refractivity contribution in [2.45, 2.75) is 26.3 Å². The number of terminal acetylenes is 1. The average Bonchev–Trinajstić information content (AvgIpc) is 2.65. The summed E-state index contributed by atoms with van der Waals surface area (Å²) >= 11 is 0. The smallest absolute Gasteiger partial charge is 0.317 e. The monoisotopic (exact) mass is 237 g/mol. The SMILES string of the molecule is C#CCN(CC(=O)O)Cc1noc(C(C)C)n1. The molecule has 1 aromatic heterocycles. The van der Waals surface area contributed by atoms with Crippen molar-refractivity contribution in [3.8, 4) is 12.3 Å². The lowest BCUT2D eigenvalue weighted by Gasteiger charge is -2.14. The van der Waals surface area contributed by atoms with Crippen LogP contribution in [0.2, 0.25) is 0 Å². The summed E-state index contributed by atoms with van der Waals surface area (Å²) in [6, 6.07) is 0. The van der Waals surface area contributed by atoms with Crippen molar-refractivity contribution >= 4 is 5.97 Å². The van der Waals surface area contributed by atoms with Crippen LogP contribution in [0.1, 0.15) is 31.5 Å². The predicted octanol–water partition coefficient (Wildman–Crippen LogP) is 0.713. The highest BCUT2D eigenvalue weighted by Crippen LogP contribution is 2.11. The minimum Gasteiger partial charge on any atom is -0.480 e. The van der Waals surface area contributed by atoms with Gasteiger partial charge < -0.3 is 9.63 Å². The van der Waals surface area contributed by atoms with Crippen LogP contribution in [0.25, 0.3) is 0 Å².